The van der Waals surface area contributed by atoms with Gasteiger partial charge in [0.25, 0.3) is 5.91 Å². The zero-order valence-electron chi connectivity index (χ0n) is 11.2. The van der Waals surface area contributed by atoms with Gasteiger partial charge >= 0.3 is 0 Å². The molecule has 3 N–H and O–H groups in total. The summed E-state index contributed by atoms with van der Waals surface area (Å²) in [5.74, 6) is 0.404. The second-order valence-corrected chi connectivity index (χ2v) is 5.23. The number of hydrogen-bond acceptors (Lipinski definition) is 3. The maximum atomic E-state index is 12.3. The summed E-state index contributed by atoms with van der Waals surface area (Å²) in [6.07, 6.45) is 0. The second-order valence-electron chi connectivity index (χ2n) is 4.37. The Bertz CT molecular complexity index is 656. The monoisotopic (exact) mass is 334 g/mol. The van der Waals surface area contributed by atoms with Crippen LogP contribution in [0.1, 0.15) is 15.9 Å². The highest BCUT2D eigenvalue weighted by Gasteiger charge is 2.12. The molecule has 20 heavy (non-hydrogen) atoms. The number of benzene rings is 2. The second kappa shape index (κ2) is 5.96. The van der Waals surface area contributed by atoms with Crippen molar-refractivity contribution in [2.75, 3.05) is 18.2 Å². The van der Waals surface area contributed by atoms with Gasteiger partial charge in [-0.3, -0.25) is 4.79 Å². The number of aryl methyl sites for hydroxylation is 1. The van der Waals surface area contributed by atoms with Gasteiger partial charge in [0.2, 0.25) is 0 Å². The van der Waals surface area contributed by atoms with Crippen molar-refractivity contribution in [2.24, 2.45) is 0 Å². The fourth-order valence-corrected chi connectivity index (χ4v) is 2.15. The Morgan fingerprint density at radius 3 is 2.65 bits per heavy atom. The van der Waals surface area contributed by atoms with Crippen LogP contribution in [-0.4, -0.2) is 13.0 Å². The first-order chi connectivity index (χ1) is 9.51. The van der Waals surface area contributed by atoms with E-state index in [4.69, 9.17) is 10.5 Å². The Morgan fingerprint density at radius 1 is 1.25 bits per heavy atom. The molecule has 2 aromatic carbocycles. The number of nitrogens with two attached hydrogens (primary N) is 1. The minimum atomic E-state index is -0.223. The molecule has 0 aliphatic rings. The predicted molar refractivity (Wildman–Crippen MR) is 84.2 cm³/mol. The van der Waals surface area contributed by atoms with E-state index in [-0.39, 0.29) is 5.91 Å². The zero-order chi connectivity index (χ0) is 14.7. The van der Waals surface area contributed by atoms with Crippen LogP contribution in [0.25, 0.3) is 0 Å². The van der Waals surface area contributed by atoms with E-state index in [2.05, 4.69) is 21.2 Å². The number of methoxy groups -OCH3 is 1. The number of ether oxygens (including phenoxy) is 1. The van der Waals surface area contributed by atoms with Gasteiger partial charge in [-0.1, -0.05) is 6.07 Å². The van der Waals surface area contributed by atoms with Gasteiger partial charge in [-0.25, -0.2) is 0 Å². The summed E-state index contributed by atoms with van der Waals surface area (Å²) < 4.78 is 5.83. The molecule has 0 aromatic heterocycles. The lowest BCUT2D eigenvalue weighted by Crippen LogP contribution is -2.13. The maximum Gasteiger partial charge on any atom is 0.256 e. The predicted octanol–water partition coefficient (Wildman–Crippen LogP) is 3.60. The summed E-state index contributed by atoms with van der Waals surface area (Å²) in [5.41, 5.74) is 8.62. The van der Waals surface area contributed by atoms with Gasteiger partial charge in [-0.15, -0.1) is 0 Å². The molecule has 0 heterocycles. The van der Waals surface area contributed by atoms with E-state index in [9.17, 15) is 4.79 Å². The Balaban J connectivity index is 2.25. The fraction of sp³-hybridized carbons (Fsp3) is 0.133. The topological polar surface area (TPSA) is 64.3 Å². The van der Waals surface area contributed by atoms with Crippen molar-refractivity contribution in [1.29, 1.82) is 0 Å². The van der Waals surface area contributed by atoms with Crippen LogP contribution in [0.15, 0.2) is 40.9 Å². The molecule has 0 radical (unpaired) electrons. The van der Waals surface area contributed by atoms with Crippen molar-refractivity contribution in [3.8, 4) is 5.75 Å². The standard InChI is InChI=1S/C15H15BrN2O2/c1-9-3-4-10(7-14(9)17)18-15(19)12-8-11(20-2)5-6-13(12)16/h3-8H,17H2,1-2H3,(H,18,19). The average Bonchev–Trinajstić information content (AvgIpc) is 2.43. The van der Waals surface area contributed by atoms with Crippen molar-refractivity contribution in [2.45, 2.75) is 6.92 Å². The molecule has 1 amide bonds. The van der Waals surface area contributed by atoms with Gasteiger partial charge in [0.1, 0.15) is 5.75 Å². The molecule has 4 nitrogen and oxygen atoms in total. The third-order valence-corrected chi connectivity index (χ3v) is 3.65. The molecule has 0 aliphatic heterocycles. The van der Waals surface area contributed by atoms with Crippen LogP contribution in [0.2, 0.25) is 0 Å². The number of carbonyl (C=O) groups is 1. The molecule has 2 rings (SSSR count). The molecule has 2 aromatic rings. The number of rotatable bonds is 3. The van der Waals surface area contributed by atoms with E-state index >= 15 is 0 Å². The minimum absolute atomic E-state index is 0.223. The molecule has 0 spiro atoms. The van der Waals surface area contributed by atoms with Crippen molar-refractivity contribution >= 4 is 33.2 Å². The Hall–Kier alpha value is -2.01. The molecular formula is C15H15BrN2O2. The normalized spacial score (nSPS) is 10.2. The van der Waals surface area contributed by atoms with Crippen LogP contribution < -0.4 is 15.8 Å². The van der Waals surface area contributed by atoms with Crippen LogP contribution in [0, 0.1) is 6.92 Å². The summed E-state index contributed by atoms with van der Waals surface area (Å²) in [4.78, 5) is 12.3. The minimum Gasteiger partial charge on any atom is -0.497 e. The van der Waals surface area contributed by atoms with Crippen LogP contribution >= 0.6 is 15.9 Å². The number of nitrogens with one attached hydrogen (secondary N) is 1. The van der Waals surface area contributed by atoms with Crippen molar-refractivity contribution < 1.29 is 9.53 Å². The van der Waals surface area contributed by atoms with E-state index in [1.807, 2.05) is 19.1 Å². The molecule has 0 aliphatic carbocycles. The summed E-state index contributed by atoms with van der Waals surface area (Å²) in [6, 6.07) is 10.7. The molecule has 0 fully saturated rings. The van der Waals surface area contributed by atoms with Gasteiger partial charge in [-0.05, 0) is 58.7 Å². The van der Waals surface area contributed by atoms with Crippen molar-refractivity contribution in [3.63, 3.8) is 0 Å². The van der Waals surface area contributed by atoms with Crippen LogP contribution in [0.5, 0.6) is 5.75 Å². The fourth-order valence-electron chi connectivity index (χ4n) is 1.72. The molecule has 0 saturated carbocycles. The van der Waals surface area contributed by atoms with Gasteiger partial charge in [0, 0.05) is 15.8 Å². The van der Waals surface area contributed by atoms with Gasteiger partial charge in [0.05, 0.1) is 12.7 Å². The van der Waals surface area contributed by atoms with E-state index in [0.717, 1.165) is 5.56 Å². The molecular weight excluding hydrogens is 320 g/mol. The summed E-state index contributed by atoms with van der Waals surface area (Å²) in [7, 11) is 1.56. The molecule has 0 unspecified atom stereocenters. The largest absolute Gasteiger partial charge is 0.497 e. The first kappa shape index (κ1) is 14.4. The number of hydrogen-bond donors (Lipinski definition) is 2. The Labute approximate surface area is 126 Å². The summed E-state index contributed by atoms with van der Waals surface area (Å²) in [6.45, 7) is 1.92. The van der Waals surface area contributed by atoms with Gasteiger partial charge < -0.3 is 15.8 Å². The lowest BCUT2D eigenvalue weighted by Gasteiger charge is -2.10. The highest BCUT2D eigenvalue weighted by molar-refractivity contribution is 9.10. The van der Waals surface area contributed by atoms with Gasteiger partial charge in [-0.2, -0.15) is 0 Å². The number of carbonyl (C=O) groups excluding carboxylic acids is 1. The third-order valence-electron chi connectivity index (χ3n) is 2.96. The van der Waals surface area contributed by atoms with E-state index in [1.165, 1.54) is 0 Å². The molecule has 0 bridgehead atoms. The van der Waals surface area contributed by atoms with Crippen molar-refractivity contribution in [3.05, 3.63) is 52.0 Å². The maximum absolute atomic E-state index is 12.3. The Kier molecular flexibility index (Phi) is 4.29. The SMILES string of the molecule is COc1ccc(Br)c(C(=O)Nc2ccc(C)c(N)c2)c1. The Morgan fingerprint density at radius 2 is 2.00 bits per heavy atom. The first-order valence-corrected chi connectivity index (χ1v) is 6.81. The smallest absolute Gasteiger partial charge is 0.256 e. The lowest BCUT2D eigenvalue weighted by molar-refractivity contribution is 0.102. The lowest BCUT2D eigenvalue weighted by atomic mass is 10.1. The van der Waals surface area contributed by atoms with Crippen LogP contribution in [0.3, 0.4) is 0 Å². The highest BCUT2D eigenvalue weighted by Crippen LogP contribution is 2.24. The molecule has 0 saturated heterocycles. The summed E-state index contributed by atoms with van der Waals surface area (Å²) in [5, 5.41) is 2.81. The van der Waals surface area contributed by atoms with Crippen LogP contribution in [-0.2, 0) is 0 Å². The third kappa shape index (κ3) is 3.11. The van der Waals surface area contributed by atoms with E-state index in [1.54, 1.807) is 31.4 Å². The molecule has 0 atom stereocenters. The van der Waals surface area contributed by atoms with Crippen molar-refractivity contribution in [1.82, 2.24) is 0 Å². The van der Waals surface area contributed by atoms with Crippen LogP contribution in [0.4, 0.5) is 11.4 Å². The molecule has 5 heteroatoms. The number of halogens is 1. The quantitative estimate of drug-likeness (QED) is 0.843. The van der Waals surface area contributed by atoms with Gasteiger partial charge in [0.15, 0.2) is 0 Å². The van der Waals surface area contributed by atoms with E-state index in [0.29, 0.717) is 27.2 Å². The summed E-state index contributed by atoms with van der Waals surface area (Å²) >= 11 is 3.36. The number of nitrogen functional groups attached to an aromatic ring is 1. The highest BCUT2D eigenvalue weighted by atomic mass is 79.9. The zero-order valence-corrected chi connectivity index (χ0v) is 12.8. The van der Waals surface area contributed by atoms with E-state index < -0.39 is 0 Å². The number of amides is 1. The number of anilines is 2. The average molecular weight is 335 g/mol. The first-order valence-electron chi connectivity index (χ1n) is 6.02. The molecule has 104 valence electrons.